The molecule has 0 saturated carbocycles. The van der Waals surface area contributed by atoms with Crippen LogP contribution < -0.4 is 11.6 Å². The van der Waals surface area contributed by atoms with E-state index < -0.39 is 5.91 Å². The van der Waals surface area contributed by atoms with Crippen LogP contribution in [0.15, 0.2) is 29.4 Å². The molecule has 0 heterocycles. The predicted octanol–water partition coefficient (Wildman–Crippen LogP) is 0.0781. The van der Waals surface area contributed by atoms with Gasteiger partial charge >= 0.3 is 0 Å². The van der Waals surface area contributed by atoms with E-state index in [0.29, 0.717) is 5.56 Å². The van der Waals surface area contributed by atoms with Gasteiger partial charge in [0.05, 0.1) is 6.21 Å². The standard InChI is InChI=1S/C8H9N3O/c9-8(12)7-3-1-6(2-4-7)5-11-10/h1-5H,10H2,(H2,9,12)/b11-5+. The number of nitrogens with zero attached hydrogens (tertiary/aromatic N) is 1. The van der Waals surface area contributed by atoms with Gasteiger partial charge in [-0.2, -0.15) is 5.10 Å². The molecule has 1 aromatic carbocycles. The zero-order chi connectivity index (χ0) is 8.97. The van der Waals surface area contributed by atoms with Crippen molar-refractivity contribution in [2.24, 2.45) is 16.7 Å². The molecule has 1 amide bonds. The Hall–Kier alpha value is -1.84. The fourth-order valence-electron chi connectivity index (χ4n) is 0.820. The quantitative estimate of drug-likeness (QED) is 0.367. The normalized spacial score (nSPS) is 10.3. The molecule has 0 radical (unpaired) electrons. The number of hydrogen-bond donors (Lipinski definition) is 2. The molecule has 0 atom stereocenters. The van der Waals surface area contributed by atoms with Crippen molar-refractivity contribution in [3.8, 4) is 0 Å². The van der Waals surface area contributed by atoms with E-state index in [9.17, 15) is 4.79 Å². The lowest BCUT2D eigenvalue weighted by molar-refractivity contribution is 0.100. The van der Waals surface area contributed by atoms with Gasteiger partial charge in [-0.3, -0.25) is 4.79 Å². The zero-order valence-electron chi connectivity index (χ0n) is 6.40. The largest absolute Gasteiger partial charge is 0.366 e. The van der Waals surface area contributed by atoms with Gasteiger partial charge < -0.3 is 11.6 Å². The van der Waals surface area contributed by atoms with E-state index in [0.717, 1.165) is 5.56 Å². The van der Waals surface area contributed by atoms with Crippen molar-refractivity contribution >= 4 is 12.1 Å². The molecule has 0 bridgehead atoms. The van der Waals surface area contributed by atoms with E-state index in [-0.39, 0.29) is 0 Å². The Kier molecular flexibility index (Phi) is 2.42. The van der Waals surface area contributed by atoms with Gasteiger partial charge in [0.15, 0.2) is 0 Å². The molecular formula is C8H9N3O. The average Bonchev–Trinajstić information content (AvgIpc) is 2.06. The molecule has 0 saturated heterocycles. The number of hydrazone groups is 1. The summed E-state index contributed by atoms with van der Waals surface area (Å²) >= 11 is 0. The molecular weight excluding hydrogens is 154 g/mol. The molecule has 0 unspecified atom stereocenters. The third-order valence-electron chi connectivity index (χ3n) is 1.42. The van der Waals surface area contributed by atoms with Crippen molar-refractivity contribution in [1.29, 1.82) is 0 Å². The molecule has 4 heteroatoms. The summed E-state index contributed by atoms with van der Waals surface area (Å²) in [6, 6.07) is 6.69. The van der Waals surface area contributed by atoms with Gasteiger partial charge in [-0.15, -0.1) is 0 Å². The van der Waals surface area contributed by atoms with Crippen LogP contribution in [0.3, 0.4) is 0 Å². The van der Waals surface area contributed by atoms with Crippen LogP contribution in [0.25, 0.3) is 0 Å². The molecule has 0 fully saturated rings. The summed E-state index contributed by atoms with van der Waals surface area (Å²) in [7, 11) is 0. The SMILES string of the molecule is N/N=C/c1ccc(C(N)=O)cc1. The Balaban J connectivity index is 2.93. The highest BCUT2D eigenvalue weighted by Crippen LogP contribution is 2.00. The Morgan fingerprint density at radius 1 is 1.33 bits per heavy atom. The first-order valence-electron chi connectivity index (χ1n) is 3.37. The minimum absolute atomic E-state index is 0.439. The third kappa shape index (κ3) is 1.82. The van der Waals surface area contributed by atoms with Crippen LogP contribution >= 0.6 is 0 Å². The third-order valence-corrected chi connectivity index (χ3v) is 1.42. The summed E-state index contributed by atoms with van der Waals surface area (Å²) in [6.07, 6.45) is 1.49. The van der Waals surface area contributed by atoms with E-state index in [2.05, 4.69) is 5.10 Å². The minimum Gasteiger partial charge on any atom is -0.366 e. The second kappa shape index (κ2) is 3.52. The summed E-state index contributed by atoms with van der Waals surface area (Å²) in [4.78, 5) is 10.6. The first-order chi connectivity index (χ1) is 5.74. The summed E-state index contributed by atoms with van der Waals surface area (Å²) in [5.74, 6) is 4.50. The molecule has 62 valence electrons. The van der Waals surface area contributed by atoms with Gasteiger partial charge in [-0.25, -0.2) is 0 Å². The van der Waals surface area contributed by atoms with E-state index in [1.54, 1.807) is 24.3 Å². The molecule has 1 aromatic rings. The van der Waals surface area contributed by atoms with Crippen molar-refractivity contribution in [3.63, 3.8) is 0 Å². The van der Waals surface area contributed by atoms with Crippen molar-refractivity contribution in [2.45, 2.75) is 0 Å². The second-order valence-corrected chi connectivity index (χ2v) is 2.26. The number of rotatable bonds is 2. The van der Waals surface area contributed by atoms with Gasteiger partial charge in [0.25, 0.3) is 0 Å². The van der Waals surface area contributed by atoms with Crippen molar-refractivity contribution in [3.05, 3.63) is 35.4 Å². The first-order valence-corrected chi connectivity index (χ1v) is 3.37. The summed E-state index contributed by atoms with van der Waals surface area (Å²) in [6.45, 7) is 0. The predicted molar refractivity (Wildman–Crippen MR) is 46.7 cm³/mol. The van der Waals surface area contributed by atoms with E-state index in [1.165, 1.54) is 6.21 Å². The van der Waals surface area contributed by atoms with Crippen LogP contribution in [0.2, 0.25) is 0 Å². The highest BCUT2D eigenvalue weighted by molar-refractivity contribution is 5.93. The van der Waals surface area contributed by atoms with Crippen LogP contribution in [-0.4, -0.2) is 12.1 Å². The summed E-state index contributed by atoms with van der Waals surface area (Å²) in [5, 5.41) is 3.34. The summed E-state index contributed by atoms with van der Waals surface area (Å²) in [5.41, 5.74) is 6.35. The number of carbonyl (C=O) groups excluding carboxylic acids is 1. The van der Waals surface area contributed by atoms with Gasteiger partial charge in [-0.1, -0.05) is 12.1 Å². The number of hydrogen-bond acceptors (Lipinski definition) is 3. The van der Waals surface area contributed by atoms with Crippen molar-refractivity contribution in [1.82, 2.24) is 0 Å². The lowest BCUT2D eigenvalue weighted by Crippen LogP contribution is -2.10. The number of amides is 1. The molecule has 0 spiro atoms. The van der Waals surface area contributed by atoms with Crippen LogP contribution in [0.5, 0.6) is 0 Å². The van der Waals surface area contributed by atoms with Crippen LogP contribution in [0.4, 0.5) is 0 Å². The number of carbonyl (C=O) groups is 1. The molecule has 4 nitrogen and oxygen atoms in total. The number of benzene rings is 1. The smallest absolute Gasteiger partial charge is 0.248 e. The van der Waals surface area contributed by atoms with Gasteiger partial charge in [0.1, 0.15) is 0 Å². The Morgan fingerprint density at radius 2 is 1.92 bits per heavy atom. The molecule has 0 aliphatic heterocycles. The summed E-state index contributed by atoms with van der Waals surface area (Å²) < 4.78 is 0. The number of nitrogens with two attached hydrogens (primary N) is 2. The van der Waals surface area contributed by atoms with Crippen LogP contribution in [-0.2, 0) is 0 Å². The fourth-order valence-corrected chi connectivity index (χ4v) is 0.820. The maximum Gasteiger partial charge on any atom is 0.248 e. The van der Waals surface area contributed by atoms with Crippen LogP contribution in [0, 0.1) is 0 Å². The van der Waals surface area contributed by atoms with Gasteiger partial charge in [0, 0.05) is 5.56 Å². The maximum absolute atomic E-state index is 10.6. The fraction of sp³-hybridized carbons (Fsp3) is 0. The Labute approximate surface area is 69.9 Å². The Bertz CT molecular complexity index is 303. The van der Waals surface area contributed by atoms with Gasteiger partial charge in [-0.05, 0) is 17.7 Å². The lowest BCUT2D eigenvalue weighted by atomic mass is 10.1. The van der Waals surface area contributed by atoms with E-state index in [4.69, 9.17) is 11.6 Å². The molecule has 12 heavy (non-hydrogen) atoms. The molecule has 0 aliphatic rings. The highest BCUT2D eigenvalue weighted by Gasteiger charge is 1.97. The molecule has 0 aromatic heterocycles. The van der Waals surface area contributed by atoms with Crippen LogP contribution in [0.1, 0.15) is 15.9 Å². The highest BCUT2D eigenvalue weighted by atomic mass is 16.1. The minimum atomic E-state index is -0.439. The van der Waals surface area contributed by atoms with E-state index >= 15 is 0 Å². The number of primary amides is 1. The lowest BCUT2D eigenvalue weighted by Gasteiger charge is -1.94. The van der Waals surface area contributed by atoms with E-state index in [1.807, 2.05) is 0 Å². The van der Waals surface area contributed by atoms with Crippen molar-refractivity contribution < 1.29 is 4.79 Å². The Morgan fingerprint density at radius 3 is 2.33 bits per heavy atom. The zero-order valence-corrected chi connectivity index (χ0v) is 6.40. The monoisotopic (exact) mass is 163 g/mol. The first kappa shape index (κ1) is 8.26. The van der Waals surface area contributed by atoms with Crippen molar-refractivity contribution in [2.75, 3.05) is 0 Å². The maximum atomic E-state index is 10.6. The molecule has 1 rings (SSSR count). The van der Waals surface area contributed by atoms with Gasteiger partial charge in [0.2, 0.25) is 5.91 Å². The second-order valence-electron chi connectivity index (χ2n) is 2.26. The molecule has 4 N–H and O–H groups in total. The molecule has 0 aliphatic carbocycles. The average molecular weight is 163 g/mol. The topological polar surface area (TPSA) is 81.5 Å².